The highest BCUT2D eigenvalue weighted by Crippen LogP contribution is 2.27. The standard InChI is InChI=1S/C22H37NO3/c1-6-7-8-9-10-11-20(25)22-18(5)12-17(4)13-21(22)26-15-19(24)14-23-16(2)3/h12-13,16,19,23-24H,6-11,14-15H2,1-5H3. The number of benzene rings is 1. The summed E-state index contributed by atoms with van der Waals surface area (Å²) in [7, 11) is 0. The number of aliphatic hydroxyl groups excluding tert-OH is 1. The maximum atomic E-state index is 12.7. The Morgan fingerprint density at radius 2 is 1.85 bits per heavy atom. The van der Waals surface area contributed by atoms with Crippen molar-refractivity contribution in [2.24, 2.45) is 0 Å². The molecule has 0 heterocycles. The number of ketones is 1. The molecule has 1 aromatic rings. The molecule has 0 aliphatic rings. The van der Waals surface area contributed by atoms with E-state index in [4.69, 9.17) is 4.74 Å². The number of ether oxygens (including phenoxy) is 1. The first-order chi connectivity index (χ1) is 12.3. The maximum Gasteiger partial charge on any atom is 0.166 e. The second-order valence-electron chi connectivity index (χ2n) is 7.57. The van der Waals surface area contributed by atoms with Crippen molar-refractivity contribution in [3.63, 3.8) is 0 Å². The number of carbonyl (C=O) groups is 1. The average molecular weight is 364 g/mol. The van der Waals surface area contributed by atoms with Gasteiger partial charge in [-0.05, 0) is 37.5 Å². The number of hydrogen-bond donors (Lipinski definition) is 2. The number of aliphatic hydroxyl groups is 1. The highest BCUT2D eigenvalue weighted by molar-refractivity contribution is 6.00. The average Bonchev–Trinajstić information content (AvgIpc) is 2.57. The Hall–Kier alpha value is -1.39. The number of nitrogens with one attached hydrogen (secondary N) is 1. The molecule has 148 valence electrons. The van der Waals surface area contributed by atoms with Crippen molar-refractivity contribution < 1.29 is 14.6 Å². The highest BCUT2D eigenvalue weighted by Gasteiger charge is 2.17. The lowest BCUT2D eigenvalue weighted by molar-refractivity contribution is 0.0942. The summed E-state index contributed by atoms with van der Waals surface area (Å²) in [6.07, 6.45) is 5.60. The van der Waals surface area contributed by atoms with Gasteiger partial charge in [-0.3, -0.25) is 4.79 Å². The minimum absolute atomic E-state index is 0.142. The van der Waals surface area contributed by atoms with Crippen molar-refractivity contribution in [3.8, 4) is 5.75 Å². The van der Waals surface area contributed by atoms with E-state index >= 15 is 0 Å². The van der Waals surface area contributed by atoms with Crippen LogP contribution in [-0.2, 0) is 0 Å². The van der Waals surface area contributed by atoms with Crippen LogP contribution in [0.4, 0.5) is 0 Å². The van der Waals surface area contributed by atoms with Crippen LogP contribution in [0.25, 0.3) is 0 Å². The van der Waals surface area contributed by atoms with Crippen LogP contribution in [0.15, 0.2) is 12.1 Å². The molecular formula is C22H37NO3. The molecule has 0 aromatic heterocycles. The van der Waals surface area contributed by atoms with Gasteiger partial charge in [0.1, 0.15) is 18.5 Å². The zero-order chi connectivity index (χ0) is 19.5. The lowest BCUT2D eigenvalue weighted by Crippen LogP contribution is -2.35. The van der Waals surface area contributed by atoms with Crippen molar-refractivity contribution >= 4 is 5.78 Å². The molecule has 4 nitrogen and oxygen atoms in total. The van der Waals surface area contributed by atoms with Crippen molar-refractivity contribution in [1.82, 2.24) is 5.32 Å². The Morgan fingerprint density at radius 1 is 1.15 bits per heavy atom. The first kappa shape index (κ1) is 22.7. The van der Waals surface area contributed by atoms with E-state index in [1.165, 1.54) is 19.3 Å². The summed E-state index contributed by atoms with van der Waals surface area (Å²) >= 11 is 0. The molecule has 0 bridgehead atoms. The normalized spacial score (nSPS) is 12.4. The van der Waals surface area contributed by atoms with Gasteiger partial charge in [-0.25, -0.2) is 0 Å². The molecule has 0 saturated carbocycles. The van der Waals surface area contributed by atoms with E-state index in [-0.39, 0.29) is 12.4 Å². The molecule has 26 heavy (non-hydrogen) atoms. The minimum Gasteiger partial charge on any atom is -0.490 e. The minimum atomic E-state index is -0.602. The van der Waals surface area contributed by atoms with Crippen LogP contribution in [0.3, 0.4) is 0 Å². The van der Waals surface area contributed by atoms with Crippen LogP contribution in [0.1, 0.15) is 80.8 Å². The van der Waals surface area contributed by atoms with E-state index in [0.717, 1.165) is 24.0 Å². The summed E-state index contributed by atoms with van der Waals surface area (Å²) in [4.78, 5) is 12.7. The summed E-state index contributed by atoms with van der Waals surface area (Å²) in [6, 6.07) is 4.24. The van der Waals surface area contributed by atoms with Crippen molar-refractivity contribution in [1.29, 1.82) is 0 Å². The van der Waals surface area contributed by atoms with Crippen molar-refractivity contribution in [2.75, 3.05) is 13.2 Å². The van der Waals surface area contributed by atoms with Gasteiger partial charge in [0.25, 0.3) is 0 Å². The Balaban J connectivity index is 2.71. The monoisotopic (exact) mass is 363 g/mol. The largest absolute Gasteiger partial charge is 0.490 e. The third-order valence-corrected chi connectivity index (χ3v) is 4.42. The highest BCUT2D eigenvalue weighted by atomic mass is 16.5. The molecule has 4 heteroatoms. The van der Waals surface area contributed by atoms with Gasteiger partial charge >= 0.3 is 0 Å². The lowest BCUT2D eigenvalue weighted by atomic mass is 9.97. The van der Waals surface area contributed by atoms with Gasteiger partial charge < -0.3 is 15.2 Å². The molecule has 0 aliphatic heterocycles. The van der Waals surface area contributed by atoms with Gasteiger partial charge in [-0.2, -0.15) is 0 Å². The van der Waals surface area contributed by atoms with Crippen LogP contribution in [0, 0.1) is 13.8 Å². The lowest BCUT2D eigenvalue weighted by Gasteiger charge is -2.18. The number of unbranched alkanes of at least 4 members (excludes halogenated alkanes) is 4. The fourth-order valence-corrected chi connectivity index (χ4v) is 3.03. The quantitative estimate of drug-likeness (QED) is 0.398. The third kappa shape index (κ3) is 8.33. The van der Waals surface area contributed by atoms with Gasteiger partial charge in [0.2, 0.25) is 0 Å². The van der Waals surface area contributed by atoms with E-state index in [9.17, 15) is 9.90 Å². The van der Waals surface area contributed by atoms with Gasteiger partial charge in [-0.15, -0.1) is 0 Å². The molecule has 1 aromatic carbocycles. The number of aryl methyl sites for hydroxylation is 2. The molecule has 0 amide bonds. The first-order valence-corrected chi connectivity index (χ1v) is 10.0. The molecule has 1 atom stereocenters. The predicted molar refractivity (Wildman–Crippen MR) is 108 cm³/mol. The molecule has 0 fully saturated rings. The van der Waals surface area contributed by atoms with Crippen molar-refractivity contribution in [3.05, 3.63) is 28.8 Å². The second-order valence-corrected chi connectivity index (χ2v) is 7.57. The maximum absolute atomic E-state index is 12.7. The number of hydrogen-bond acceptors (Lipinski definition) is 4. The molecule has 1 rings (SSSR count). The molecule has 2 N–H and O–H groups in total. The van der Waals surface area contributed by atoms with E-state index < -0.39 is 6.10 Å². The van der Waals surface area contributed by atoms with E-state index in [1.54, 1.807) is 0 Å². The van der Waals surface area contributed by atoms with Crippen LogP contribution >= 0.6 is 0 Å². The Morgan fingerprint density at radius 3 is 2.50 bits per heavy atom. The first-order valence-electron chi connectivity index (χ1n) is 10.0. The zero-order valence-electron chi connectivity index (χ0n) is 17.2. The summed E-state index contributed by atoms with van der Waals surface area (Å²) in [5, 5.41) is 13.3. The molecule has 0 spiro atoms. The fraction of sp³-hybridized carbons (Fsp3) is 0.682. The summed E-state index contributed by atoms with van der Waals surface area (Å²) < 4.78 is 5.85. The number of carbonyl (C=O) groups excluding carboxylic acids is 1. The summed E-state index contributed by atoms with van der Waals surface area (Å²) in [6.45, 7) is 10.9. The smallest absolute Gasteiger partial charge is 0.166 e. The third-order valence-electron chi connectivity index (χ3n) is 4.42. The summed E-state index contributed by atoms with van der Waals surface area (Å²) in [5.41, 5.74) is 2.69. The van der Waals surface area contributed by atoms with Crippen LogP contribution in [0.5, 0.6) is 5.75 Å². The van der Waals surface area contributed by atoms with E-state index in [0.29, 0.717) is 30.3 Å². The van der Waals surface area contributed by atoms with E-state index in [1.807, 2.05) is 39.8 Å². The fourth-order valence-electron chi connectivity index (χ4n) is 3.03. The molecular weight excluding hydrogens is 326 g/mol. The van der Waals surface area contributed by atoms with Gasteiger partial charge in [0.05, 0.1) is 5.56 Å². The molecule has 0 aliphatic carbocycles. The van der Waals surface area contributed by atoms with Crippen molar-refractivity contribution in [2.45, 2.75) is 85.3 Å². The topological polar surface area (TPSA) is 58.6 Å². The van der Waals surface area contributed by atoms with E-state index in [2.05, 4.69) is 12.2 Å². The number of rotatable bonds is 13. The van der Waals surface area contributed by atoms with Gasteiger partial charge in [-0.1, -0.05) is 52.5 Å². The summed E-state index contributed by atoms with van der Waals surface area (Å²) in [5.74, 6) is 0.744. The van der Waals surface area contributed by atoms with Crippen LogP contribution in [0.2, 0.25) is 0 Å². The predicted octanol–water partition coefficient (Wildman–Crippen LogP) is 4.58. The van der Waals surface area contributed by atoms with Crippen LogP contribution in [-0.4, -0.2) is 36.2 Å². The van der Waals surface area contributed by atoms with Gasteiger partial charge in [0, 0.05) is 19.0 Å². The SMILES string of the molecule is CCCCCCCC(=O)c1c(C)cc(C)cc1OCC(O)CNC(C)C. The molecule has 0 radical (unpaired) electrons. The Labute approximate surface area is 159 Å². The zero-order valence-corrected chi connectivity index (χ0v) is 17.2. The van der Waals surface area contributed by atoms with Crippen LogP contribution < -0.4 is 10.1 Å². The molecule has 1 unspecified atom stereocenters. The second kappa shape index (κ2) is 12.1. The Bertz CT molecular complexity index is 555. The molecule has 0 saturated heterocycles. The Kier molecular flexibility index (Phi) is 10.5. The number of Topliss-reactive ketones (excluding diaryl/α,β-unsaturated/α-hetero) is 1. The van der Waals surface area contributed by atoms with Gasteiger partial charge in [0.15, 0.2) is 5.78 Å².